The van der Waals surface area contributed by atoms with Gasteiger partial charge in [0.25, 0.3) is 0 Å². The minimum absolute atomic E-state index is 0.0436. The Balaban J connectivity index is 3.88. The summed E-state index contributed by atoms with van der Waals surface area (Å²) < 4.78 is 5.87. The van der Waals surface area contributed by atoms with Crippen LogP contribution in [0.15, 0.2) is 72.9 Å². The Hall–Kier alpha value is -2.62. The third-order valence-corrected chi connectivity index (χ3v) is 7.19. The van der Waals surface area contributed by atoms with Gasteiger partial charge in [0.15, 0.2) is 0 Å². The van der Waals surface area contributed by atoms with E-state index in [9.17, 15) is 9.59 Å². The topological polar surface area (TPSA) is 63.6 Å². The molecule has 43 heavy (non-hydrogen) atoms. The predicted molar refractivity (Wildman–Crippen MR) is 185 cm³/mol. The molecule has 0 spiro atoms. The quantitative estimate of drug-likeness (QED) is 0.0509. The number of aliphatic carboxylic acids is 1. The molecule has 4 heteroatoms. The van der Waals surface area contributed by atoms with Crippen LogP contribution in [0.4, 0.5) is 0 Å². The molecule has 1 atom stereocenters. The van der Waals surface area contributed by atoms with Crippen molar-refractivity contribution in [3.63, 3.8) is 0 Å². The number of carbonyl (C=O) groups is 2. The first kappa shape index (κ1) is 40.4. The molecule has 0 aromatic heterocycles. The molecule has 244 valence electrons. The zero-order valence-electron chi connectivity index (χ0n) is 27.7. The highest BCUT2D eigenvalue weighted by Crippen LogP contribution is 2.17. The van der Waals surface area contributed by atoms with E-state index >= 15 is 0 Å². The summed E-state index contributed by atoms with van der Waals surface area (Å²) in [6, 6.07) is 0. The standard InChI is InChI=1S/C39H64O4/c1-3-5-7-8-9-10-11-12-13-14-15-16-17-18-19-20-21-22-23-28-32-36-39(42)43-37(33-29-6-4-2)34-30-26-24-25-27-31-35-38(40)41/h5,7,9-10,12-13,15-16,18-19,21-22,37H,3-4,6,8,11,14,17,20,23-36H2,1-2H3,(H,40,41)/b7-5-,10-9-,13-12-,16-15-,19-18-,22-21-. The molecule has 4 nitrogen and oxygen atoms in total. The molecule has 0 aliphatic carbocycles. The molecule has 1 N–H and O–H groups in total. The van der Waals surface area contributed by atoms with Gasteiger partial charge in [-0.1, -0.05) is 125 Å². The maximum absolute atomic E-state index is 12.4. The van der Waals surface area contributed by atoms with Crippen LogP contribution < -0.4 is 0 Å². The second-order valence-electron chi connectivity index (χ2n) is 11.3. The van der Waals surface area contributed by atoms with Crippen molar-refractivity contribution in [1.82, 2.24) is 0 Å². The summed E-state index contributed by atoms with van der Waals surface area (Å²) in [6.45, 7) is 4.35. The predicted octanol–water partition coefficient (Wildman–Crippen LogP) is 11.9. The average molecular weight is 597 g/mol. The van der Waals surface area contributed by atoms with Gasteiger partial charge in [0.05, 0.1) is 0 Å². The van der Waals surface area contributed by atoms with Crippen molar-refractivity contribution in [3.8, 4) is 0 Å². The maximum Gasteiger partial charge on any atom is 0.306 e. The van der Waals surface area contributed by atoms with E-state index in [-0.39, 0.29) is 18.5 Å². The molecule has 0 radical (unpaired) electrons. The monoisotopic (exact) mass is 596 g/mol. The summed E-state index contributed by atoms with van der Waals surface area (Å²) in [5.41, 5.74) is 0. The highest BCUT2D eigenvalue weighted by Gasteiger charge is 2.14. The van der Waals surface area contributed by atoms with Crippen LogP contribution in [0.25, 0.3) is 0 Å². The smallest absolute Gasteiger partial charge is 0.306 e. The van der Waals surface area contributed by atoms with Crippen LogP contribution in [0.1, 0.15) is 155 Å². The van der Waals surface area contributed by atoms with Crippen LogP contribution in [-0.4, -0.2) is 23.1 Å². The van der Waals surface area contributed by atoms with Crippen molar-refractivity contribution in [2.75, 3.05) is 0 Å². The van der Waals surface area contributed by atoms with Gasteiger partial charge in [-0.15, -0.1) is 0 Å². The number of allylic oxidation sites excluding steroid dienone is 12. The summed E-state index contributed by atoms with van der Waals surface area (Å²) in [7, 11) is 0. The molecule has 1 unspecified atom stereocenters. The Morgan fingerprint density at radius 2 is 0.977 bits per heavy atom. The van der Waals surface area contributed by atoms with Crippen molar-refractivity contribution in [1.29, 1.82) is 0 Å². The van der Waals surface area contributed by atoms with Crippen LogP contribution in [-0.2, 0) is 14.3 Å². The molecule has 0 rings (SSSR count). The van der Waals surface area contributed by atoms with Crippen LogP contribution in [0, 0.1) is 0 Å². The largest absolute Gasteiger partial charge is 0.481 e. The van der Waals surface area contributed by atoms with Gasteiger partial charge >= 0.3 is 11.9 Å². The Bertz CT molecular complexity index is 815. The number of carboxylic acids is 1. The minimum Gasteiger partial charge on any atom is -0.481 e. The molecule has 0 aliphatic heterocycles. The molecule has 0 bridgehead atoms. The zero-order chi connectivity index (χ0) is 31.5. The highest BCUT2D eigenvalue weighted by molar-refractivity contribution is 5.69. The second kappa shape index (κ2) is 33.9. The highest BCUT2D eigenvalue weighted by atomic mass is 16.5. The molecule has 0 aromatic carbocycles. The zero-order valence-corrected chi connectivity index (χ0v) is 27.7. The number of hydrogen-bond donors (Lipinski definition) is 1. The van der Waals surface area contributed by atoms with E-state index in [1.54, 1.807) is 0 Å². The van der Waals surface area contributed by atoms with E-state index < -0.39 is 5.97 Å². The lowest BCUT2D eigenvalue weighted by molar-refractivity contribution is -0.150. The van der Waals surface area contributed by atoms with Crippen molar-refractivity contribution in [2.24, 2.45) is 0 Å². The van der Waals surface area contributed by atoms with Gasteiger partial charge < -0.3 is 9.84 Å². The first-order valence-corrected chi connectivity index (χ1v) is 17.4. The van der Waals surface area contributed by atoms with Gasteiger partial charge in [-0.25, -0.2) is 0 Å². The SMILES string of the molecule is CC/C=C\C/C=C\C/C=C\C/C=C\C/C=C\C/C=C\CCCCC(=O)OC(CCCCC)CCCCCCCCC(=O)O. The van der Waals surface area contributed by atoms with Gasteiger partial charge in [-0.3, -0.25) is 9.59 Å². The van der Waals surface area contributed by atoms with Gasteiger partial charge in [0, 0.05) is 12.8 Å². The lowest BCUT2D eigenvalue weighted by Crippen LogP contribution is -2.18. The summed E-state index contributed by atoms with van der Waals surface area (Å²) in [4.78, 5) is 23.0. The third kappa shape index (κ3) is 33.7. The van der Waals surface area contributed by atoms with Crippen molar-refractivity contribution < 1.29 is 19.4 Å². The van der Waals surface area contributed by atoms with Gasteiger partial charge in [0.1, 0.15) is 6.10 Å². The Morgan fingerprint density at radius 3 is 1.49 bits per heavy atom. The van der Waals surface area contributed by atoms with Gasteiger partial charge in [-0.05, 0) is 89.9 Å². The summed E-state index contributed by atoms with van der Waals surface area (Å²) in [6.07, 6.45) is 48.0. The second-order valence-corrected chi connectivity index (χ2v) is 11.3. The lowest BCUT2D eigenvalue weighted by atomic mass is 10.0. The minimum atomic E-state index is -0.703. The van der Waals surface area contributed by atoms with E-state index in [2.05, 4.69) is 86.8 Å². The molecule has 0 saturated heterocycles. The molecular formula is C39H64O4. The molecule has 0 fully saturated rings. The summed E-state index contributed by atoms with van der Waals surface area (Å²) >= 11 is 0. The number of carboxylic acid groups (broad SMARTS) is 1. The summed E-state index contributed by atoms with van der Waals surface area (Å²) in [5, 5.41) is 8.71. The van der Waals surface area contributed by atoms with E-state index in [1.807, 2.05) is 0 Å². The Kier molecular flexibility index (Phi) is 31.8. The van der Waals surface area contributed by atoms with E-state index in [1.165, 1.54) is 12.8 Å². The Morgan fingerprint density at radius 1 is 0.535 bits per heavy atom. The lowest BCUT2D eigenvalue weighted by Gasteiger charge is -2.18. The third-order valence-electron chi connectivity index (χ3n) is 7.19. The van der Waals surface area contributed by atoms with Crippen molar-refractivity contribution in [3.05, 3.63) is 72.9 Å². The first-order chi connectivity index (χ1) is 21.1. The van der Waals surface area contributed by atoms with Gasteiger partial charge in [0.2, 0.25) is 0 Å². The number of esters is 1. The molecular weight excluding hydrogens is 532 g/mol. The fraction of sp³-hybridized carbons (Fsp3) is 0.641. The van der Waals surface area contributed by atoms with Gasteiger partial charge in [-0.2, -0.15) is 0 Å². The fourth-order valence-corrected chi connectivity index (χ4v) is 4.66. The first-order valence-electron chi connectivity index (χ1n) is 17.4. The number of rotatable bonds is 30. The molecule has 0 aliphatic rings. The van der Waals surface area contributed by atoms with Crippen LogP contribution in [0.2, 0.25) is 0 Å². The molecule has 0 saturated carbocycles. The number of unbranched alkanes of at least 4 members (excludes halogenated alkanes) is 9. The van der Waals surface area contributed by atoms with E-state index in [4.69, 9.17) is 9.84 Å². The van der Waals surface area contributed by atoms with Crippen LogP contribution in [0.5, 0.6) is 0 Å². The number of hydrogen-bond acceptors (Lipinski definition) is 3. The number of carbonyl (C=O) groups excluding carboxylic acids is 1. The maximum atomic E-state index is 12.4. The van der Waals surface area contributed by atoms with Crippen molar-refractivity contribution >= 4 is 11.9 Å². The van der Waals surface area contributed by atoms with Crippen LogP contribution >= 0.6 is 0 Å². The summed E-state index contributed by atoms with van der Waals surface area (Å²) in [5.74, 6) is -0.747. The van der Waals surface area contributed by atoms with Crippen LogP contribution in [0.3, 0.4) is 0 Å². The van der Waals surface area contributed by atoms with E-state index in [0.29, 0.717) is 6.42 Å². The average Bonchev–Trinajstić information content (AvgIpc) is 2.99. The Labute approximate surface area is 265 Å². The fourth-order valence-electron chi connectivity index (χ4n) is 4.66. The molecule has 0 heterocycles. The number of ether oxygens (including phenoxy) is 1. The molecule has 0 amide bonds. The van der Waals surface area contributed by atoms with E-state index in [0.717, 1.165) is 116 Å². The normalized spacial score (nSPS) is 13.2. The molecule has 0 aromatic rings. The van der Waals surface area contributed by atoms with Crippen molar-refractivity contribution in [2.45, 2.75) is 161 Å².